The summed E-state index contributed by atoms with van der Waals surface area (Å²) in [5.41, 5.74) is 1.80. The number of fused-ring (bicyclic) bond motifs is 3. The lowest BCUT2D eigenvalue weighted by atomic mass is 9.84. The van der Waals surface area contributed by atoms with Gasteiger partial charge in [0.15, 0.2) is 0 Å². The molecule has 1 heterocycles. The third-order valence-corrected chi connectivity index (χ3v) is 5.83. The first-order chi connectivity index (χ1) is 9.41. The van der Waals surface area contributed by atoms with Crippen LogP contribution in [0.1, 0.15) is 44.1 Å². The molecule has 3 aliphatic rings. The Morgan fingerprint density at radius 1 is 0.947 bits per heavy atom. The summed E-state index contributed by atoms with van der Waals surface area (Å²) in [6, 6.07) is 11.0. The van der Waals surface area contributed by atoms with E-state index in [9.17, 15) is 0 Å². The molecule has 0 aromatic heterocycles. The first kappa shape index (κ1) is 12.0. The van der Waals surface area contributed by atoms with Crippen LogP contribution in [-0.2, 0) is 11.2 Å². The molecule has 1 spiro atoms. The summed E-state index contributed by atoms with van der Waals surface area (Å²) in [5.74, 6) is 2.57. The second-order valence-electron chi connectivity index (χ2n) is 6.73. The Labute approximate surface area is 116 Å². The van der Waals surface area contributed by atoms with Crippen molar-refractivity contribution < 1.29 is 4.74 Å². The van der Waals surface area contributed by atoms with E-state index in [-0.39, 0.29) is 0 Å². The Morgan fingerprint density at radius 2 is 1.68 bits per heavy atom. The fourth-order valence-electron chi connectivity index (χ4n) is 5.02. The summed E-state index contributed by atoms with van der Waals surface area (Å²) in [4.78, 5) is 0. The van der Waals surface area contributed by atoms with Gasteiger partial charge in [-0.2, -0.15) is 0 Å². The molecule has 1 aromatic carbocycles. The van der Waals surface area contributed by atoms with E-state index >= 15 is 0 Å². The zero-order chi connectivity index (χ0) is 12.7. The van der Waals surface area contributed by atoms with E-state index in [1.165, 1.54) is 50.5 Å². The van der Waals surface area contributed by atoms with Gasteiger partial charge in [-0.15, -0.1) is 0 Å². The normalized spacial score (nSPS) is 40.9. The predicted molar refractivity (Wildman–Crippen MR) is 77.0 cm³/mol. The molecule has 3 fully saturated rings. The molecule has 1 nitrogen and oxygen atoms in total. The standard InChI is InChI=1S/C18H24O/c1-2-7-14(8-3-1)13-15-9-6-12-19-18(15)16-10-4-5-11-17(16)18/h1-3,7-8,15-17H,4-6,9-13H2/t15?,16-,17+,18?. The van der Waals surface area contributed by atoms with Crippen molar-refractivity contribution in [2.75, 3.05) is 6.61 Å². The van der Waals surface area contributed by atoms with Gasteiger partial charge in [-0.05, 0) is 55.4 Å². The van der Waals surface area contributed by atoms with E-state index in [0.717, 1.165) is 24.4 Å². The third kappa shape index (κ3) is 1.86. The highest BCUT2D eigenvalue weighted by atomic mass is 16.5. The number of benzene rings is 1. The van der Waals surface area contributed by atoms with Crippen LogP contribution < -0.4 is 0 Å². The van der Waals surface area contributed by atoms with Gasteiger partial charge in [-0.1, -0.05) is 43.2 Å². The van der Waals surface area contributed by atoms with Crippen LogP contribution in [0.3, 0.4) is 0 Å². The summed E-state index contributed by atoms with van der Waals surface area (Å²) in [6.45, 7) is 1.01. The van der Waals surface area contributed by atoms with Crippen molar-refractivity contribution in [2.45, 2.75) is 50.5 Å². The monoisotopic (exact) mass is 256 g/mol. The van der Waals surface area contributed by atoms with Gasteiger partial charge in [0.25, 0.3) is 0 Å². The minimum atomic E-state index is 0.296. The van der Waals surface area contributed by atoms with Crippen LogP contribution in [-0.4, -0.2) is 12.2 Å². The lowest BCUT2D eigenvalue weighted by Crippen LogP contribution is -2.36. The second kappa shape index (κ2) is 4.63. The predicted octanol–water partition coefficient (Wildman–Crippen LogP) is 4.21. The van der Waals surface area contributed by atoms with Crippen molar-refractivity contribution in [1.82, 2.24) is 0 Å². The fraction of sp³-hybridized carbons (Fsp3) is 0.667. The molecular formula is C18H24O. The summed E-state index contributed by atoms with van der Waals surface area (Å²) in [6.07, 6.45) is 9.59. The maximum Gasteiger partial charge on any atom is 0.0777 e. The zero-order valence-corrected chi connectivity index (χ0v) is 11.7. The molecule has 2 unspecified atom stereocenters. The number of ether oxygens (including phenoxy) is 1. The largest absolute Gasteiger partial charge is 0.374 e. The SMILES string of the molecule is c1ccc(CC2CCCOC23[C@@H]2CCCC[C@@H]23)cc1. The van der Waals surface area contributed by atoms with Crippen LogP contribution in [0.15, 0.2) is 30.3 Å². The second-order valence-corrected chi connectivity index (χ2v) is 6.73. The van der Waals surface area contributed by atoms with E-state index in [4.69, 9.17) is 4.74 Å². The summed E-state index contributed by atoms with van der Waals surface area (Å²) < 4.78 is 6.41. The van der Waals surface area contributed by atoms with Crippen LogP contribution in [0.5, 0.6) is 0 Å². The molecule has 1 saturated heterocycles. The van der Waals surface area contributed by atoms with Crippen LogP contribution in [0.2, 0.25) is 0 Å². The van der Waals surface area contributed by atoms with E-state index in [1.807, 2.05) is 0 Å². The van der Waals surface area contributed by atoms with Crippen LogP contribution in [0, 0.1) is 17.8 Å². The Morgan fingerprint density at radius 3 is 2.42 bits per heavy atom. The number of hydrogen-bond acceptors (Lipinski definition) is 1. The molecule has 2 saturated carbocycles. The Hall–Kier alpha value is -0.820. The molecule has 0 N–H and O–H groups in total. The average Bonchev–Trinajstić information content (AvgIpc) is 3.12. The highest BCUT2D eigenvalue weighted by molar-refractivity contribution is 5.23. The van der Waals surface area contributed by atoms with Gasteiger partial charge in [0, 0.05) is 6.61 Å². The van der Waals surface area contributed by atoms with Gasteiger partial charge in [-0.3, -0.25) is 0 Å². The van der Waals surface area contributed by atoms with Gasteiger partial charge in [0.1, 0.15) is 0 Å². The topological polar surface area (TPSA) is 9.23 Å². The molecule has 102 valence electrons. The van der Waals surface area contributed by atoms with Crippen molar-refractivity contribution in [1.29, 1.82) is 0 Å². The molecule has 2 aliphatic carbocycles. The van der Waals surface area contributed by atoms with E-state index in [2.05, 4.69) is 30.3 Å². The molecular weight excluding hydrogens is 232 g/mol. The Kier molecular flexibility index (Phi) is 2.91. The zero-order valence-electron chi connectivity index (χ0n) is 11.7. The number of hydrogen-bond donors (Lipinski definition) is 0. The van der Waals surface area contributed by atoms with Crippen molar-refractivity contribution in [2.24, 2.45) is 17.8 Å². The first-order valence-electron chi connectivity index (χ1n) is 8.09. The molecule has 4 rings (SSSR count). The van der Waals surface area contributed by atoms with Crippen molar-refractivity contribution in [3.63, 3.8) is 0 Å². The maximum atomic E-state index is 6.41. The summed E-state index contributed by atoms with van der Waals surface area (Å²) in [5, 5.41) is 0. The molecule has 1 heteroatoms. The van der Waals surface area contributed by atoms with Gasteiger partial charge in [0.2, 0.25) is 0 Å². The summed E-state index contributed by atoms with van der Waals surface area (Å²) in [7, 11) is 0. The highest BCUT2D eigenvalue weighted by Crippen LogP contribution is 2.66. The van der Waals surface area contributed by atoms with Gasteiger partial charge >= 0.3 is 0 Å². The van der Waals surface area contributed by atoms with Gasteiger partial charge in [0.05, 0.1) is 5.60 Å². The lowest BCUT2D eigenvalue weighted by Gasteiger charge is -2.34. The van der Waals surface area contributed by atoms with Crippen molar-refractivity contribution in [3.05, 3.63) is 35.9 Å². The smallest absolute Gasteiger partial charge is 0.0777 e. The molecule has 0 radical (unpaired) electrons. The molecule has 4 atom stereocenters. The molecule has 0 bridgehead atoms. The molecule has 0 amide bonds. The Bertz CT molecular complexity index is 426. The molecule has 19 heavy (non-hydrogen) atoms. The first-order valence-corrected chi connectivity index (χ1v) is 8.09. The van der Waals surface area contributed by atoms with E-state index < -0.39 is 0 Å². The average molecular weight is 256 g/mol. The van der Waals surface area contributed by atoms with Gasteiger partial charge in [-0.25, -0.2) is 0 Å². The summed E-state index contributed by atoms with van der Waals surface area (Å²) >= 11 is 0. The van der Waals surface area contributed by atoms with Crippen molar-refractivity contribution in [3.8, 4) is 0 Å². The molecule has 1 aliphatic heterocycles. The minimum Gasteiger partial charge on any atom is -0.374 e. The number of rotatable bonds is 2. The maximum absolute atomic E-state index is 6.41. The van der Waals surface area contributed by atoms with E-state index in [1.54, 1.807) is 0 Å². The van der Waals surface area contributed by atoms with Crippen LogP contribution in [0.4, 0.5) is 0 Å². The van der Waals surface area contributed by atoms with E-state index in [0.29, 0.717) is 5.60 Å². The van der Waals surface area contributed by atoms with Gasteiger partial charge < -0.3 is 4.74 Å². The van der Waals surface area contributed by atoms with Crippen LogP contribution in [0.25, 0.3) is 0 Å². The minimum absolute atomic E-state index is 0.296. The third-order valence-electron chi connectivity index (χ3n) is 5.83. The quantitative estimate of drug-likeness (QED) is 0.770. The Balaban J connectivity index is 1.56. The molecule has 1 aromatic rings. The lowest BCUT2D eigenvalue weighted by molar-refractivity contribution is -0.0663. The fourth-order valence-corrected chi connectivity index (χ4v) is 5.02. The highest BCUT2D eigenvalue weighted by Gasteiger charge is 2.69. The van der Waals surface area contributed by atoms with Crippen LogP contribution >= 0.6 is 0 Å². The van der Waals surface area contributed by atoms with Crippen molar-refractivity contribution >= 4 is 0 Å².